The number of hydrogen-bond acceptors (Lipinski definition) is 3. The Morgan fingerprint density at radius 2 is 2.10 bits per heavy atom. The molecule has 0 aliphatic carbocycles. The van der Waals surface area contributed by atoms with Crippen molar-refractivity contribution in [2.24, 2.45) is 0 Å². The SMILES string of the molecule is C=Cc1cnc2c(Nc3cccc(Cl)c3C)nccc2c1. The highest BCUT2D eigenvalue weighted by Crippen LogP contribution is 2.28. The first-order chi connectivity index (χ1) is 10.2. The van der Waals surface area contributed by atoms with Gasteiger partial charge in [-0.05, 0) is 42.3 Å². The van der Waals surface area contributed by atoms with Crippen LogP contribution in [0, 0.1) is 6.92 Å². The maximum atomic E-state index is 6.15. The fraction of sp³-hybridized carbons (Fsp3) is 0.0588. The predicted octanol–water partition coefficient (Wildman–Crippen LogP) is 4.98. The van der Waals surface area contributed by atoms with Crippen molar-refractivity contribution in [3.8, 4) is 0 Å². The Balaban J connectivity index is 2.08. The molecule has 2 aromatic heterocycles. The maximum absolute atomic E-state index is 6.15. The molecule has 0 fully saturated rings. The number of rotatable bonds is 3. The molecule has 0 bridgehead atoms. The van der Waals surface area contributed by atoms with E-state index in [0.29, 0.717) is 5.82 Å². The van der Waals surface area contributed by atoms with E-state index in [0.717, 1.165) is 32.7 Å². The lowest BCUT2D eigenvalue weighted by molar-refractivity contribution is 1.28. The number of pyridine rings is 2. The Hall–Kier alpha value is -2.39. The van der Waals surface area contributed by atoms with Gasteiger partial charge >= 0.3 is 0 Å². The van der Waals surface area contributed by atoms with Crippen LogP contribution >= 0.6 is 11.6 Å². The molecule has 0 unspecified atom stereocenters. The molecular formula is C17H14ClN3. The van der Waals surface area contributed by atoms with Crippen molar-refractivity contribution in [3.05, 3.63) is 65.5 Å². The Kier molecular flexibility index (Phi) is 3.59. The van der Waals surface area contributed by atoms with Gasteiger partial charge in [-0.3, -0.25) is 4.98 Å². The Labute approximate surface area is 128 Å². The van der Waals surface area contributed by atoms with Crippen LogP contribution in [0.2, 0.25) is 5.02 Å². The van der Waals surface area contributed by atoms with Crippen molar-refractivity contribution in [3.63, 3.8) is 0 Å². The molecule has 4 heteroatoms. The first-order valence-corrected chi connectivity index (χ1v) is 6.96. The number of hydrogen-bond donors (Lipinski definition) is 1. The average molecular weight is 296 g/mol. The zero-order chi connectivity index (χ0) is 14.8. The number of anilines is 2. The lowest BCUT2D eigenvalue weighted by atomic mass is 10.1. The van der Waals surface area contributed by atoms with Gasteiger partial charge in [0.05, 0.1) is 0 Å². The summed E-state index contributed by atoms with van der Waals surface area (Å²) in [6.45, 7) is 5.73. The molecule has 0 aliphatic heterocycles. The van der Waals surface area contributed by atoms with Gasteiger partial charge in [0.25, 0.3) is 0 Å². The van der Waals surface area contributed by atoms with Crippen molar-refractivity contribution in [1.29, 1.82) is 0 Å². The molecule has 0 atom stereocenters. The molecule has 0 saturated heterocycles. The van der Waals surface area contributed by atoms with Gasteiger partial charge < -0.3 is 5.32 Å². The van der Waals surface area contributed by atoms with Crippen LogP contribution in [0.3, 0.4) is 0 Å². The quantitative estimate of drug-likeness (QED) is 0.740. The zero-order valence-corrected chi connectivity index (χ0v) is 12.4. The molecule has 0 radical (unpaired) electrons. The van der Waals surface area contributed by atoms with Gasteiger partial charge in [0, 0.05) is 28.5 Å². The summed E-state index contributed by atoms with van der Waals surface area (Å²) in [7, 11) is 0. The van der Waals surface area contributed by atoms with E-state index in [1.807, 2.05) is 37.3 Å². The summed E-state index contributed by atoms with van der Waals surface area (Å²) in [5.41, 5.74) is 3.72. The Morgan fingerprint density at radius 3 is 2.90 bits per heavy atom. The lowest BCUT2D eigenvalue weighted by Crippen LogP contribution is -1.98. The van der Waals surface area contributed by atoms with Crippen LogP contribution in [-0.2, 0) is 0 Å². The average Bonchev–Trinajstić information content (AvgIpc) is 2.51. The van der Waals surface area contributed by atoms with Crippen molar-refractivity contribution in [1.82, 2.24) is 9.97 Å². The van der Waals surface area contributed by atoms with Crippen LogP contribution in [0.25, 0.3) is 17.0 Å². The zero-order valence-electron chi connectivity index (χ0n) is 11.6. The molecule has 0 aliphatic rings. The van der Waals surface area contributed by atoms with E-state index in [4.69, 9.17) is 11.6 Å². The molecule has 0 saturated carbocycles. The van der Waals surface area contributed by atoms with Crippen LogP contribution in [0.15, 0.2) is 49.3 Å². The van der Waals surface area contributed by atoms with Gasteiger partial charge in [-0.1, -0.05) is 30.3 Å². The van der Waals surface area contributed by atoms with Crippen molar-refractivity contribution >= 4 is 40.1 Å². The number of nitrogens with one attached hydrogen (secondary N) is 1. The molecule has 0 spiro atoms. The molecule has 3 nitrogen and oxygen atoms in total. The van der Waals surface area contributed by atoms with Crippen LogP contribution in [-0.4, -0.2) is 9.97 Å². The summed E-state index contributed by atoms with van der Waals surface area (Å²) in [5.74, 6) is 0.716. The highest BCUT2D eigenvalue weighted by molar-refractivity contribution is 6.31. The van der Waals surface area contributed by atoms with Crippen molar-refractivity contribution in [2.75, 3.05) is 5.32 Å². The van der Waals surface area contributed by atoms with E-state index in [9.17, 15) is 0 Å². The second kappa shape index (κ2) is 5.54. The molecule has 0 amide bonds. The van der Waals surface area contributed by atoms with E-state index in [-0.39, 0.29) is 0 Å². The van der Waals surface area contributed by atoms with Gasteiger partial charge in [0.15, 0.2) is 5.82 Å². The minimum Gasteiger partial charge on any atom is -0.338 e. The summed E-state index contributed by atoms with van der Waals surface area (Å²) in [6.07, 6.45) is 5.33. The topological polar surface area (TPSA) is 37.8 Å². The summed E-state index contributed by atoms with van der Waals surface area (Å²) in [5, 5.41) is 5.05. The van der Waals surface area contributed by atoms with Crippen LogP contribution in [0.4, 0.5) is 11.5 Å². The normalized spacial score (nSPS) is 10.6. The summed E-state index contributed by atoms with van der Waals surface area (Å²) < 4.78 is 0. The molecule has 104 valence electrons. The first kappa shape index (κ1) is 13.6. The van der Waals surface area contributed by atoms with Crippen LogP contribution in [0.1, 0.15) is 11.1 Å². The van der Waals surface area contributed by atoms with E-state index in [1.165, 1.54) is 0 Å². The number of nitrogens with zero attached hydrogens (tertiary/aromatic N) is 2. The molecular weight excluding hydrogens is 282 g/mol. The van der Waals surface area contributed by atoms with E-state index < -0.39 is 0 Å². The number of halogens is 1. The first-order valence-electron chi connectivity index (χ1n) is 6.58. The highest BCUT2D eigenvalue weighted by atomic mass is 35.5. The number of benzene rings is 1. The second-order valence-electron chi connectivity index (χ2n) is 4.74. The van der Waals surface area contributed by atoms with Crippen molar-refractivity contribution in [2.45, 2.75) is 6.92 Å². The number of aromatic nitrogens is 2. The Morgan fingerprint density at radius 1 is 1.24 bits per heavy atom. The minimum atomic E-state index is 0.716. The standard InChI is InChI=1S/C17H14ClN3/c1-3-12-9-13-7-8-19-17(16(13)20-10-12)21-15-6-4-5-14(18)11(15)2/h3-10H,1H2,2H3,(H,19,21). The molecule has 3 aromatic rings. The lowest BCUT2D eigenvalue weighted by Gasteiger charge is -2.11. The van der Waals surface area contributed by atoms with E-state index in [2.05, 4.69) is 21.9 Å². The monoisotopic (exact) mass is 295 g/mol. The van der Waals surface area contributed by atoms with Gasteiger partial charge in [-0.2, -0.15) is 0 Å². The van der Waals surface area contributed by atoms with Gasteiger partial charge in [-0.25, -0.2) is 4.98 Å². The maximum Gasteiger partial charge on any atom is 0.156 e. The van der Waals surface area contributed by atoms with Crippen LogP contribution in [0.5, 0.6) is 0 Å². The third-order valence-electron chi connectivity index (χ3n) is 3.38. The molecule has 2 heterocycles. The molecule has 1 aromatic carbocycles. The molecule has 21 heavy (non-hydrogen) atoms. The Bertz CT molecular complexity index is 827. The molecule has 3 rings (SSSR count). The molecule has 1 N–H and O–H groups in total. The minimum absolute atomic E-state index is 0.716. The van der Waals surface area contributed by atoms with Crippen molar-refractivity contribution < 1.29 is 0 Å². The summed E-state index contributed by atoms with van der Waals surface area (Å²) in [6, 6.07) is 9.72. The highest BCUT2D eigenvalue weighted by Gasteiger charge is 2.07. The third-order valence-corrected chi connectivity index (χ3v) is 3.79. The van der Waals surface area contributed by atoms with Gasteiger partial charge in [0.2, 0.25) is 0 Å². The van der Waals surface area contributed by atoms with E-state index in [1.54, 1.807) is 18.5 Å². The largest absolute Gasteiger partial charge is 0.338 e. The third kappa shape index (κ3) is 2.60. The van der Waals surface area contributed by atoms with E-state index >= 15 is 0 Å². The smallest absolute Gasteiger partial charge is 0.156 e. The predicted molar refractivity (Wildman–Crippen MR) is 89.1 cm³/mol. The fourth-order valence-corrected chi connectivity index (χ4v) is 2.33. The fourth-order valence-electron chi connectivity index (χ4n) is 2.15. The summed E-state index contributed by atoms with van der Waals surface area (Å²) >= 11 is 6.15. The summed E-state index contributed by atoms with van der Waals surface area (Å²) in [4.78, 5) is 8.86. The second-order valence-corrected chi connectivity index (χ2v) is 5.15. The number of fused-ring (bicyclic) bond motifs is 1. The van der Waals surface area contributed by atoms with Crippen LogP contribution < -0.4 is 5.32 Å². The van der Waals surface area contributed by atoms with Gasteiger partial charge in [-0.15, -0.1) is 0 Å². The van der Waals surface area contributed by atoms with Gasteiger partial charge in [0.1, 0.15) is 5.52 Å².